The van der Waals surface area contributed by atoms with Crippen LogP contribution < -0.4 is 0 Å². The summed E-state index contributed by atoms with van der Waals surface area (Å²) in [6.07, 6.45) is 0.388. The van der Waals surface area contributed by atoms with Crippen molar-refractivity contribution in [3.05, 3.63) is 69.7 Å². The van der Waals surface area contributed by atoms with Crippen molar-refractivity contribution in [2.45, 2.75) is 19.3 Å². The van der Waals surface area contributed by atoms with Gasteiger partial charge in [0.05, 0.1) is 14.2 Å². The minimum Gasteiger partial charge on any atom is -0.468 e. The number of ketones is 1. The quantitative estimate of drug-likeness (QED) is 0.332. The van der Waals surface area contributed by atoms with Gasteiger partial charge in [0, 0.05) is 27.4 Å². The van der Waals surface area contributed by atoms with Crippen LogP contribution in [0.1, 0.15) is 35.2 Å². The molecule has 2 aromatic rings. The molecule has 0 aliphatic heterocycles. The van der Waals surface area contributed by atoms with E-state index in [9.17, 15) is 14.4 Å². The highest BCUT2D eigenvalue weighted by atomic mass is 35.5. The normalized spacial score (nSPS) is 12.9. The Morgan fingerprint density at radius 2 is 1.28 bits per heavy atom. The Labute approximate surface area is 179 Å². The highest BCUT2D eigenvalue weighted by Gasteiger charge is 2.44. The molecule has 0 radical (unpaired) electrons. The third-order valence-electron chi connectivity index (χ3n) is 4.86. The van der Waals surface area contributed by atoms with Gasteiger partial charge in [0.15, 0.2) is 11.7 Å². The van der Waals surface area contributed by atoms with Crippen LogP contribution in [-0.2, 0) is 19.1 Å². The van der Waals surface area contributed by atoms with E-state index >= 15 is 0 Å². The molecule has 29 heavy (non-hydrogen) atoms. The first-order valence-electron chi connectivity index (χ1n) is 9.04. The van der Waals surface area contributed by atoms with Gasteiger partial charge in [-0.3, -0.25) is 14.4 Å². The molecule has 0 N–H and O–H groups in total. The molecule has 154 valence electrons. The molecule has 0 aromatic heterocycles. The number of esters is 2. The minimum absolute atomic E-state index is 0.207. The number of halogens is 2. The fraction of sp³-hybridized carbons (Fsp3) is 0.318. The summed E-state index contributed by atoms with van der Waals surface area (Å²) in [4.78, 5) is 38.4. The van der Waals surface area contributed by atoms with Gasteiger partial charge in [-0.1, -0.05) is 42.3 Å². The summed E-state index contributed by atoms with van der Waals surface area (Å²) in [5.74, 6) is -4.51. The van der Waals surface area contributed by atoms with Gasteiger partial charge in [-0.2, -0.15) is 0 Å². The molecule has 0 heterocycles. The number of carbonyl (C=O) groups is 3. The second-order valence-electron chi connectivity index (χ2n) is 6.49. The highest BCUT2D eigenvalue weighted by Crippen LogP contribution is 2.38. The maximum Gasteiger partial charge on any atom is 0.320 e. The van der Waals surface area contributed by atoms with Gasteiger partial charge >= 0.3 is 11.9 Å². The summed E-state index contributed by atoms with van der Waals surface area (Å²) < 4.78 is 9.73. The lowest BCUT2D eigenvalue weighted by atomic mass is 9.72. The fourth-order valence-corrected chi connectivity index (χ4v) is 3.67. The molecule has 2 aromatic carbocycles. The lowest BCUT2D eigenvalue weighted by Gasteiger charge is -2.30. The van der Waals surface area contributed by atoms with E-state index < -0.39 is 29.7 Å². The first-order valence-corrected chi connectivity index (χ1v) is 9.80. The number of hydrogen-bond acceptors (Lipinski definition) is 5. The summed E-state index contributed by atoms with van der Waals surface area (Å²) in [6.45, 7) is 1.83. The van der Waals surface area contributed by atoms with Crippen LogP contribution in [0.25, 0.3) is 0 Å². The lowest BCUT2D eigenvalue weighted by Crippen LogP contribution is -2.38. The molecule has 0 saturated heterocycles. The second-order valence-corrected chi connectivity index (χ2v) is 7.36. The van der Waals surface area contributed by atoms with Crippen LogP contribution in [0.3, 0.4) is 0 Å². The lowest BCUT2D eigenvalue weighted by molar-refractivity contribution is -0.160. The average Bonchev–Trinajstić information content (AvgIpc) is 2.73. The third kappa shape index (κ3) is 5.37. The predicted octanol–water partition coefficient (Wildman–Crippen LogP) is 4.95. The van der Waals surface area contributed by atoms with Crippen LogP contribution in [0.2, 0.25) is 10.0 Å². The maximum atomic E-state index is 13.3. The Balaban J connectivity index is 2.60. The second kappa shape index (κ2) is 10.4. The molecule has 0 bridgehead atoms. The Hall–Kier alpha value is -2.37. The van der Waals surface area contributed by atoms with E-state index in [4.69, 9.17) is 32.7 Å². The van der Waals surface area contributed by atoms with Crippen LogP contribution in [0, 0.1) is 11.8 Å². The van der Waals surface area contributed by atoms with Crippen LogP contribution in [0.5, 0.6) is 0 Å². The predicted molar refractivity (Wildman–Crippen MR) is 111 cm³/mol. The third-order valence-corrected chi connectivity index (χ3v) is 5.37. The van der Waals surface area contributed by atoms with Crippen molar-refractivity contribution >= 4 is 40.9 Å². The monoisotopic (exact) mass is 436 g/mol. The van der Waals surface area contributed by atoms with Crippen LogP contribution >= 0.6 is 23.2 Å². The van der Waals surface area contributed by atoms with E-state index in [1.807, 2.05) is 6.92 Å². The average molecular weight is 437 g/mol. The minimum atomic E-state index is -1.30. The van der Waals surface area contributed by atoms with E-state index in [0.717, 1.165) is 0 Å². The van der Waals surface area contributed by atoms with Crippen molar-refractivity contribution in [2.24, 2.45) is 11.8 Å². The van der Waals surface area contributed by atoms with Gasteiger partial charge < -0.3 is 9.47 Å². The van der Waals surface area contributed by atoms with Crippen LogP contribution in [0.4, 0.5) is 0 Å². The highest BCUT2D eigenvalue weighted by molar-refractivity contribution is 6.31. The first kappa shape index (κ1) is 22.9. The van der Waals surface area contributed by atoms with Crippen molar-refractivity contribution in [1.29, 1.82) is 0 Å². The fourth-order valence-electron chi connectivity index (χ4n) is 3.42. The molecule has 0 aliphatic rings. The molecule has 0 aliphatic carbocycles. The zero-order valence-electron chi connectivity index (χ0n) is 16.4. The van der Waals surface area contributed by atoms with E-state index in [-0.39, 0.29) is 5.78 Å². The Morgan fingerprint density at radius 3 is 1.69 bits per heavy atom. The van der Waals surface area contributed by atoms with Gasteiger partial charge in [-0.15, -0.1) is 0 Å². The van der Waals surface area contributed by atoms with E-state index in [0.29, 0.717) is 27.6 Å². The Morgan fingerprint density at radius 1 is 0.828 bits per heavy atom. The molecule has 2 rings (SSSR count). The number of carbonyl (C=O) groups excluding carboxylic acids is 3. The molecule has 0 saturated carbocycles. The van der Waals surface area contributed by atoms with Gasteiger partial charge in [0.1, 0.15) is 0 Å². The molecule has 5 nitrogen and oxygen atoms in total. The number of rotatable bonds is 8. The Kier molecular flexibility index (Phi) is 8.23. The van der Waals surface area contributed by atoms with Crippen molar-refractivity contribution in [3.8, 4) is 0 Å². The summed E-state index contributed by atoms with van der Waals surface area (Å²) in [5, 5.41) is 1.00. The molecular formula is C22H22Cl2O5. The molecular weight excluding hydrogens is 415 g/mol. The number of methoxy groups -OCH3 is 2. The van der Waals surface area contributed by atoms with E-state index in [2.05, 4.69) is 0 Å². The van der Waals surface area contributed by atoms with Crippen molar-refractivity contribution in [3.63, 3.8) is 0 Å². The summed E-state index contributed by atoms with van der Waals surface area (Å²) >= 11 is 11.9. The molecule has 2 atom stereocenters. The van der Waals surface area contributed by atoms with Gasteiger partial charge in [0.2, 0.25) is 0 Å². The SMILES string of the molecule is CC[C@H](C(=O)c1ccc(Cl)cc1)[C@@H](c1ccc(Cl)cc1)C(C(=O)OC)C(=O)OC. The topological polar surface area (TPSA) is 69.7 Å². The van der Waals surface area contributed by atoms with Crippen molar-refractivity contribution in [2.75, 3.05) is 14.2 Å². The molecule has 0 amide bonds. The number of ether oxygens (including phenoxy) is 2. The van der Waals surface area contributed by atoms with Crippen LogP contribution in [0.15, 0.2) is 48.5 Å². The van der Waals surface area contributed by atoms with Crippen molar-refractivity contribution < 1.29 is 23.9 Å². The number of benzene rings is 2. The summed E-state index contributed by atoms with van der Waals surface area (Å²) in [6, 6.07) is 13.2. The Bertz CT molecular complexity index is 846. The van der Waals surface area contributed by atoms with Gasteiger partial charge in [-0.25, -0.2) is 0 Å². The zero-order valence-corrected chi connectivity index (χ0v) is 17.9. The summed E-state index contributed by atoms with van der Waals surface area (Å²) in [5.41, 5.74) is 1.05. The number of hydrogen-bond donors (Lipinski definition) is 0. The van der Waals surface area contributed by atoms with E-state index in [1.165, 1.54) is 14.2 Å². The van der Waals surface area contributed by atoms with Crippen LogP contribution in [-0.4, -0.2) is 31.9 Å². The van der Waals surface area contributed by atoms with Gasteiger partial charge in [-0.05, 0) is 48.4 Å². The molecule has 0 fully saturated rings. The molecule has 7 heteroatoms. The van der Waals surface area contributed by atoms with Crippen molar-refractivity contribution in [1.82, 2.24) is 0 Å². The molecule has 0 unspecified atom stereocenters. The zero-order chi connectivity index (χ0) is 21.6. The smallest absolute Gasteiger partial charge is 0.320 e. The van der Waals surface area contributed by atoms with Gasteiger partial charge in [0.25, 0.3) is 0 Å². The maximum absolute atomic E-state index is 13.3. The van der Waals surface area contributed by atoms with E-state index in [1.54, 1.807) is 48.5 Å². The first-order chi connectivity index (χ1) is 13.8. The number of Topliss-reactive ketones (excluding diaryl/α,β-unsaturated/α-hetero) is 1. The standard InChI is InChI=1S/C22H22Cl2O5/c1-4-17(20(25)14-7-11-16(24)12-8-14)18(13-5-9-15(23)10-6-13)19(21(26)28-2)22(27)29-3/h5-12,17-19H,4H2,1-3H3/t17-,18+/m0/s1. The largest absolute Gasteiger partial charge is 0.468 e. The molecule has 0 spiro atoms. The summed E-state index contributed by atoms with van der Waals surface area (Å²) in [7, 11) is 2.39.